The van der Waals surface area contributed by atoms with Gasteiger partial charge in [-0.15, -0.1) is 23.5 Å². The van der Waals surface area contributed by atoms with Crippen LogP contribution >= 0.6 is 35.1 Å². The predicted octanol–water partition coefficient (Wildman–Crippen LogP) is 3.12. The van der Waals surface area contributed by atoms with Crippen LogP contribution in [0.1, 0.15) is 47.3 Å². The second-order valence-electron chi connectivity index (χ2n) is 13.2. The van der Waals surface area contributed by atoms with Crippen molar-refractivity contribution in [2.45, 2.75) is 48.5 Å². The van der Waals surface area contributed by atoms with Crippen molar-refractivity contribution in [1.29, 1.82) is 0 Å². The van der Waals surface area contributed by atoms with Crippen LogP contribution in [-0.4, -0.2) is 103 Å². The van der Waals surface area contributed by atoms with E-state index in [4.69, 9.17) is 16.3 Å². The molecule has 4 atom stereocenters. The molecule has 0 radical (unpaired) electrons. The highest BCUT2D eigenvalue weighted by Crippen LogP contribution is 2.47. The molecule has 4 aliphatic rings. The highest BCUT2D eigenvalue weighted by atomic mass is 35.5. The zero-order valence-electron chi connectivity index (χ0n) is 28.5. The lowest BCUT2D eigenvalue weighted by molar-refractivity contribution is -0.193. The average molecular weight is 801 g/mol. The number of anilines is 1. The van der Waals surface area contributed by atoms with Gasteiger partial charge in [0, 0.05) is 43.9 Å². The van der Waals surface area contributed by atoms with Crippen LogP contribution in [0.3, 0.4) is 0 Å². The number of nitrogens with one attached hydrogen (secondary N) is 2. The summed E-state index contributed by atoms with van der Waals surface area (Å²) >= 11 is 9.19. The molecule has 54 heavy (non-hydrogen) atoms. The quantitative estimate of drug-likeness (QED) is 0.0556. The molecule has 3 fully saturated rings. The first-order valence-electron chi connectivity index (χ1n) is 16.8. The number of ether oxygens (including phenoxy) is 1. The Morgan fingerprint density at radius 3 is 2.59 bits per heavy atom. The number of rotatable bonds is 13. The number of hydrogen-bond donors (Lipinski definition) is 5. The van der Waals surface area contributed by atoms with Gasteiger partial charge in [-0.25, -0.2) is 14.0 Å². The summed E-state index contributed by atoms with van der Waals surface area (Å²) in [6.45, 7) is 0.754. The molecule has 19 heteroatoms. The van der Waals surface area contributed by atoms with Crippen molar-refractivity contribution in [3.8, 4) is 0 Å². The number of pyridine rings is 1. The topological polar surface area (TPSA) is 203 Å². The standard InChI is InChI=1S/C35H34ClFN6O9S2/c1-52-35(39-30(46)28(44)17-5-3-2-4-6-17)33(51)43-25(32(49)50)18(15-54-34(35)43)14-53-16-38-40-19-9-10-41(12-19)27-23(37)11-21-26(24(27)36)42(20-7-8-20)13-22(29(21)45)31(47)48/h2-6,11,13,16,19-20,28,34,40,44H,7-10,12,14-15H2,1H3,(H,39,46)(H,47,48)(H,49,50)/t19?,28-,34-,35-/m1/s1. The van der Waals surface area contributed by atoms with Crippen LogP contribution in [0, 0.1) is 5.82 Å². The minimum absolute atomic E-state index is 0.0315. The van der Waals surface area contributed by atoms with Crippen molar-refractivity contribution in [3.05, 3.63) is 86.1 Å². The second-order valence-corrected chi connectivity index (χ2v) is 15.5. The number of aliphatic carboxylic acids is 1. The van der Waals surface area contributed by atoms with Crippen LogP contribution in [-0.2, 0) is 19.1 Å². The van der Waals surface area contributed by atoms with E-state index in [1.54, 1.807) is 39.8 Å². The number of carbonyl (C=O) groups excluding carboxylic acids is 2. The van der Waals surface area contributed by atoms with Gasteiger partial charge in [-0.2, -0.15) is 5.10 Å². The molecule has 0 spiro atoms. The van der Waals surface area contributed by atoms with Gasteiger partial charge in [0.2, 0.25) is 5.43 Å². The molecule has 3 aromatic rings. The smallest absolute Gasteiger partial charge is 0.352 e. The summed E-state index contributed by atoms with van der Waals surface area (Å²) in [7, 11) is 1.23. The lowest BCUT2D eigenvalue weighted by Crippen LogP contribution is -2.81. The van der Waals surface area contributed by atoms with E-state index in [0.717, 1.165) is 23.8 Å². The Labute approximate surface area is 320 Å². The molecule has 1 saturated carbocycles. The number of carboxylic acid groups (broad SMARTS) is 2. The number of aliphatic hydroxyl groups excluding tert-OH is 1. The number of hydrogen-bond acceptors (Lipinski definition) is 12. The maximum Gasteiger partial charge on any atom is 0.352 e. The first-order valence-corrected chi connectivity index (χ1v) is 19.3. The van der Waals surface area contributed by atoms with Gasteiger partial charge in [0.25, 0.3) is 17.5 Å². The number of thioether (sulfide) groups is 2. The van der Waals surface area contributed by atoms with E-state index in [-0.39, 0.29) is 45.4 Å². The summed E-state index contributed by atoms with van der Waals surface area (Å²) in [5, 5.41) is 36.0. The molecule has 3 aliphatic heterocycles. The molecule has 5 N–H and O–H groups in total. The van der Waals surface area contributed by atoms with Crippen molar-refractivity contribution in [2.75, 3.05) is 36.6 Å². The van der Waals surface area contributed by atoms with Crippen molar-refractivity contribution in [2.24, 2.45) is 5.10 Å². The van der Waals surface area contributed by atoms with Crippen molar-refractivity contribution < 1.29 is 43.6 Å². The highest BCUT2D eigenvalue weighted by molar-refractivity contribution is 8.12. The van der Waals surface area contributed by atoms with Crippen molar-refractivity contribution >= 4 is 81.0 Å². The van der Waals surface area contributed by atoms with Crippen LogP contribution < -0.4 is 21.1 Å². The number of amides is 2. The summed E-state index contributed by atoms with van der Waals surface area (Å²) in [4.78, 5) is 66.2. The number of β-lactam (4-membered cyclic amide) rings is 1. The molecule has 0 bridgehead atoms. The fourth-order valence-corrected chi connectivity index (χ4v) is 9.61. The third-order valence-corrected chi connectivity index (χ3v) is 12.3. The Bertz CT molecular complexity index is 2190. The van der Waals surface area contributed by atoms with E-state index < -0.39 is 57.8 Å². The minimum atomic E-state index is -1.86. The Hall–Kier alpha value is -4.62. The van der Waals surface area contributed by atoms with Gasteiger partial charge in [-0.05, 0) is 36.5 Å². The van der Waals surface area contributed by atoms with Crippen LogP contribution in [0.15, 0.2) is 63.8 Å². The molecule has 1 unspecified atom stereocenters. The summed E-state index contributed by atoms with van der Waals surface area (Å²) in [6.07, 6.45) is 1.85. The highest BCUT2D eigenvalue weighted by Gasteiger charge is 2.66. The van der Waals surface area contributed by atoms with E-state index >= 15 is 4.39 Å². The number of carbonyl (C=O) groups is 4. The fraction of sp³-hybridized carbons (Fsp3) is 0.371. The number of aromatic nitrogens is 1. The molecule has 2 aromatic carbocycles. The Morgan fingerprint density at radius 2 is 1.93 bits per heavy atom. The number of aliphatic hydroxyl groups is 1. The fourth-order valence-electron chi connectivity index (χ4n) is 6.99. The van der Waals surface area contributed by atoms with Gasteiger partial charge in [0.1, 0.15) is 22.5 Å². The molecule has 7 rings (SSSR count). The van der Waals surface area contributed by atoms with E-state index in [1.165, 1.54) is 42.4 Å². The summed E-state index contributed by atoms with van der Waals surface area (Å²) < 4.78 is 22.7. The summed E-state index contributed by atoms with van der Waals surface area (Å²) in [5.74, 6) is -4.68. The number of fused-ring (bicyclic) bond motifs is 2. The zero-order valence-corrected chi connectivity index (χ0v) is 30.9. The monoisotopic (exact) mass is 800 g/mol. The molecule has 1 aliphatic carbocycles. The SMILES string of the molecule is CO[C@]1(NC(=O)[C@H](O)c2ccccc2)C(=O)N2C(C(=O)O)=C(CSC=NNC3CCN(c4c(F)cc5c(=O)c(C(=O)O)cn(C6CC6)c5c4Cl)C3)CS[C@@H]21. The van der Waals surface area contributed by atoms with E-state index in [1.807, 2.05) is 0 Å². The first kappa shape index (κ1) is 37.7. The van der Waals surface area contributed by atoms with Crippen LogP contribution in [0.25, 0.3) is 10.9 Å². The third-order valence-electron chi connectivity index (χ3n) is 9.81. The lowest BCUT2D eigenvalue weighted by atomic mass is 9.97. The number of nitrogens with zero attached hydrogens (tertiary/aromatic N) is 4. The van der Waals surface area contributed by atoms with Crippen LogP contribution in [0.4, 0.5) is 10.1 Å². The van der Waals surface area contributed by atoms with Crippen LogP contribution in [0.2, 0.25) is 5.02 Å². The maximum absolute atomic E-state index is 15.6. The predicted molar refractivity (Wildman–Crippen MR) is 200 cm³/mol. The molecule has 2 amide bonds. The van der Waals surface area contributed by atoms with E-state index in [2.05, 4.69) is 15.8 Å². The number of methoxy groups -OCH3 is 1. The lowest BCUT2D eigenvalue weighted by Gasteiger charge is -2.55. The normalized spacial score (nSPS) is 23.1. The Kier molecular flexibility index (Phi) is 10.4. The van der Waals surface area contributed by atoms with Gasteiger partial charge in [0.15, 0.2) is 6.10 Å². The molecular weight excluding hydrogens is 767 g/mol. The van der Waals surface area contributed by atoms with Gasteiger partial charge in [0.05, 0.1) is 33.2 Å². The average Bonchev–Trinajstić information content (AvgIpc) is 3.91. The molecule has 4 heterocycles. The molecular formula is C35H34ClFN6O9S2. The molecule has 1 aromatic heterocycles. The number of carboxylic acids is 2. The number of aromatic carboxylic acids is 1. The molecule has 2 saturated heterocycles. The van der Waals surface area contributed by atoms with Crippen LogP contribution in [0.5, 0.6) is 0 Å². The van der Waals surface area contributed by atoms with E-state index in [9.17, 15) is 39.3 Å². The Balaban J connectivity index is 0.985. The number of halogens is 2. The summed E-state index contributed by atoms with van der Waals surface area (Å²) in [6, 6.07) is 8.98. The molecule has 284 valence electrons. The number of hydrazone groups is 1. The largest absolute Gasteiger partial charge is 0.477 e. The van der Waals surface area contributed by atoms with Gasteiger partial charge >= 0.3 is 11.9 Å². The van der Waals surface area contributed by atoms with Gasteiger partial charge in [-0.1, -0.05) is 41.9 Å². The van der Waals surface area contributed by atoms with Crippen molar-refractivity contribution in [1.82, 2.24) is 20.2 Å². The minimum Gasteiger partial charge on any atom is -0.477 e. The van der Waals surface area contributed by atoms with Crippen molar-refractivity contribution in [3.63, 3.8) is 0 Å². The second kappa shape index (κ2) is 14.9. The third kappa shape index (κ3) is 6.59. The van der Waals surface area contributed by atoms with Gasteiger partial charge < -0.3 is 40.3 Å². The Morgan fingerprint density at radius 1 is 1.19 bits per heavy atom. The van der Waals surface area contributed by atoms with E-state index in [0.29, 0.717) is 36.2 Å². The molecule has 15 nitrogen and oxygen atoms in total. The summed E-state index contributed by atoms with van der Waals surface area (Å²) in [5.41, 5.74) is 2.43. The zero-order chi connectivity index (χ0) is 38.5. The van der Waals surface area contributed by atoms with Gasteiger partial charge in [-0.3, -0.25) is 19.3 Å². The maximum atomic E-state index is 15.6. The first-order chi connectivity index (χ1) is 25.9. The number of benzene rings is 2.